The van der Waals surface area contributed by atoms with Crippen molar-refractivity contribution in [1.29, 1.82) is 0 Å². The van der Waals surface area contributed by atoms with E-state index in [4.69, 9.17) is 11.6 Å². The molecular weight excluding hydrogens is 345 g/mol. The maximum Gasteiger partial charge on any atom is 0.226 e. The quantitative estimate of drug-likeness (QED) is 0.764. The number of carbonyl (C=O) groups excluding carboxylic acids is 1. The van der Waals surface area contributed by atoms with Crippen molar-refractivity contribution in [2.75, 3.05) is 5.32 Å². The highest BCUT2D eigenvalue weighted by molar-refractivity contribution is 6.29. The van der Waals surface area contributed by atoms with Gasteiger partial charge in [0.15, 0.2) is 11.0 Å². The zero-order valence-electron chi connectivity index (χ0n) is 13.2. The summed E-state index contributed by atoms with van der Waals surface area (Å²) in [6, 6.07) is 9.46. The first-order valence-corrected chi connectivity index (χ1v) is 8.05. The molecule has 0 saturated carbocycles. The van der Waals surface area contributed by atoms with Crippen molar-refractivity contribution in [3.63, 3.8) is 0 Å². The Morgan fingerprint density at radius 3 is 2.64 bits per heavy atom. The number of aryl methyl sites for hydroxylation is 1. The smallest absolute Gasteiger partial charge is 0.226 e. The van der Waals surface area contributed by atoms with Gasteiger partial charge in [-0.05, 0) is 36.8 Å². The van der Waals surface area contributed by atoms with E-state index in [1.54, 1.807) is 28.9 Å². The summed E-state index contributed by atoms with van der Waals surface area (Å²) in [7, 11) is 0. The molecule has 0 fully saturated rings. The van der Waals surface area contributed by atoms with Gasteiger partial charge in [0, 0.05) is 17.9 Å². The number of hydrogen-bond donors (Lipinski definition) is 1. The average molecular weight is 358 g/mol. The molecule has 1 aromatic carbocycles. The van der Waals surface area contributed by atoms with E-state index in [0.29, 0.717) is 11.6 Å². The minimum absolute atomic E-state index is 0.134. The Morgan fingerprint density at radius 1 is 1.20 bits per heavy atom. The van der Waals surface area contributed by atoms with Gasteiger partial charge in [-0.1, -0.05) is 23.7 Å². The Hall–Kier alpha value is -2.80. The maximum absolute atomic E-state index is 13.2. The topological polar surface area (TPSA) is 72.7 Å². The number of rotatable bonds is 2. The first-order chi connectivity index (χ1) is 12.0. The molecule has 0 saturated heterocycles. The van der Waals surface area contributed by atoms with E-state index in [2.05, 4.69) is 20.6 Å². The van der Waals surface area contributed by atoms with E-state index in [-0.39, 0.29) is 29.2 Å². The SMILES string of the molecule is Cc1nn(-c2ccc(Cl)nn2)c2c1[C@@H](c1ccc(F)cc1)CC(=O)N2. The fraction of sp³-hybridized carbons (Fsp3) is 0.176. The van der Waals surface area contributed by atoms with Crippen LogP contribution >= 0.6 is 11.6 Å². The van der Waals surface area contributed by atoms with Crippen LogP contribution in [0, 0.1) is 12.7 Å². The van der Waals surface area contributed by atoms with E-state index in [1.807, 2.05) is 6.92 Å². The van der Waals surface area contributed by atoms with Crippen LogP contribution in [0.15, 0.2) is 36.4 Å². The minimum atomic E-state index is -0.312. The lowest BCUT2D eigenvalue weighted by Crippen LogP contribution is -2.25. The third kappa shape index (κ3) is 2.76. The second kappa shape index (κ2) is 5.93. The Balaban J connectivity index is 1.85. The largest absolute Gasteiger partial charge is 0.310 e. The molecular formula is C17H13ClFN5O. The fourth-order valence-electron chi connectivity index (χ4n) is 3.11. The molecule has 0 unspecified atom stereocenters. The zero-order valence-corrected chi connectivity index (χ0v) is 14.0. The van der Waals surface area contributed by atoms with Crippen LogP contribution < -0.4 is 5.32 Å². The van der Waals surface area contributed by atoms with Crippen LogP contribution in [0.5, 0.6) is 0 Å². The first kappa shape index (κ1) is 15.7. The molecule has 1 N–H and O–H groups in total. The molecule has 3 aromatic rings. The predicted molar refractivity (Wildman–Crippen MR) is 90.4 cm³/mol. The molecule has 1 aliphatic rings. The van der Waals surface area contributed by atoms with Crippen molar-refractivity contribution in [1.82, 2.24) is 20.0 Å². The summed E-state index contributed by atoms with van der Waals surface area (Å²) in [5.74, 6) is 0.366. The standard InChI is InChI=1S/C17H13ClFN5O/c1-9-16-12(10-2-4-11(19)5-3-10)8-15(25)20-17(16)24(23-9)14-7-6-13(18)21-22-14/h2-7,12H,8H2,1H3,(H,20,25)/t12-/m1/s1. The molecule has 4 rings (SSSR count). The molecule has 1 amide bonds. The number of nitrogens with zero attached hydrogens (tertiary/aromatic N) is 4. The lowest BCUT2D eigenvalue weighted by atomic mass is 9.86. The molecule has 1 aliphatic heterocycles. The maximum atomic E-state index is 13.2. The molecule has 2 aromatic heterocycles. The molecule has 6 nitrogen and oxygen atoms in total. The Morgan fingerprint density at radius 2 is 1.96 bits per heavy atom. The van der Waals surface area contributed by atoms with Crippen LogP contribution in [-0.2, 0) is 4.79 Å². The van der Waals surface area contributed by atoms with Gasteiger partial charge in [-0.25, -0.2) is 4.39 Å². The summed E-state index contributed by atoms with van der Waals surface area (Å²) in [6.07, 6.45) is 0.275. The van der Waals surface area contributed by atoms with Crippen molar-refractivity contribution in [2.45, 2.75) is 19.3 Å². The summed E-state index contributed by atoms with van der Waals surface area (Å²) < 4.78 is 14.8. The molecule has 126 valence electrons. The lowest BCUT2D eigenvalue weighted by molar-refractivity contribution is -0.116. The van der Waals surface area contributed by atoms with Gasteiger partial charge in [-0.3, -0.25) is 4.79 Å². The van der Waals surface area contributed by atoms with Gasteiger partial charge in [-0.15, -0.1) is 10.2 Å². The molecule has 0 aliphatic carbocycles. The highest BCUT2D eigenvalue weighted by Crippen LogP contribution is 2.39. The molecule has 0 radical (unpaired) electrons. The van der Waals surface area contributed by atoms with E-state index >= 15 is 0 Å². The Kier molecular flexibility index (Phi) is 3.73. The molecule has 25 heavy (non-hydrogen) atoms. The van der Waals surface area contributed by atoms with Crippen LogP contribution in [0.3, 0.4) is 0 Å². The van der Waals surface area contributed by atoms with Crippen LogP contribution in [-0.4, -0.2) is 25.9 Å². The number of halogens is 2. The average Bonchev–Trinajstić information content (AvgIpc) is 2.92. The third-order valence-electron chi connectivity index (χ3n) is 4.21. The summed E-state index contributed by atoms with van der Waals surface area (Å²) in [5.41, 5.74) is 2.52. The summed E-state index contributed by atoms with van der Waals surface area (Å²) in [5, 5.41) is 15.5. The molecule has 8 heteroatoms. The van der Waals surface area contributed by atoms with Crippen LogP contribution in [0.25, 0.3) is 5.82 Å². The van der Waals surface area contributed by atoms with Gasteiger partial charge < -0.3 is 5.32 Å². The lowest BCUT2D eigenvalue weighted by Gasteiger charge is -2.24. The number of fused-ring (bicyclic) bond motifs is 1. The van der Waals surface area contributed by atoms with Crippen LogP contribution in [0.2, 0.25) is 5.15 Å². The number of carbonyl (C=O) groups is 1. The van der Waals surface area contributed by atoms with Gasteiger partial charge >= 0.3 is 0 Å². The fourth-order valence-corrected chi connectivity index (χ4v) is 3.22. The molecule has 3 heterocycles. The number of amides is 1. The van der Waals surface area contributed by atoms with Crippen LogP contribution in [0.1, 0.15) is 29.2 Å². The molecule has 0 bridgehead atoms. The number of anilines is 1. The second-order valence-electron chi connectivity index (χ2n) is 5.83. The molecule has 1 atom stereocenters. The number of benzene rings is 1. The van der Waals surface area contributed by atoms with Crippen molar-refractivity contribution in [3.05, 3.63) is 64.2 Å². The monoisotopic (exact) mass is 357 g/mol. The van der Waals surface area contributed by atoms with E-state index < -0.39 is 0 Å². The Labute approximate surface area is 147 Å². The first-order valence-electron chi connectivity index (χ1n) is 7.67. The van der Waals surface area contributed by atoms with Gasteiger partial charge in [0.25, 0.3) is 0 Å². The van der Waals surface area contributed by atoms with Gasteiger partial charge in [0.2, 0.25) is 5.91 Å². The summed E-state index contributed by atoms with van der Waals surface area (Å²) >= 11 is 5.78. The highest BCUT2D eigenvalue weighted by atomic mass is 35.5. The Bertz CT molecular complexity index is 952. The number of aromatic nitrogens is 4. The van der Waals surface area contributed by atoms with Crippen molar-refractivity contribution < 1.29 is 9.18 Å². The van der Waals surface area contributed by atoms with Crippen molar-refractivity contribution >= 4 is 23.3 Å². The predicted octanol–water partition coefficient (Wildman–Crippen LogP) is 3.24. The molecule has 0 spiro atoms. The van der Waals surface area contributed by atoms with Crippen LogP contribution in [0.4, 0.5) is 10.2 Å². The van der Waals surface area contributed by atoms with Gasteiger partial charge in [0.1, 0.15) is 11.6 Å². The third-order valence-corrected chi connectivity index (χ3v) is 4.41. The summed E-state index contributed by atoms with van der Waals surface area (Å²) in [4.78, 5) is 12.2. The van der Waals surface area contributed by atoms with Gasteiger partial charge in [0.05, 0.1) is 5.69 Å². The van der Waals surface area contributed by atoms with E-state index in [1.165, 1.54) is 12.1 Å². The second-order valence-corrected chi connectivity index (χ2v) is 6.22. The number of hydrogen-bond acceptors (Lipinski definition) is 4. The zero-order chi connectivity index (χ0) is 17.6. The minimum Gasteiger partial charge on any atom is -0.310 e. The summed E-state index contributed by atoms with van der Waals surface area (Å²) in [6.45, 7) is 1.87. The number of nitrogens with one attached hydrogen (secondary N) is 1. The highest BCUT2D eigenvalue weighted by Gasteiger charge is 2.32. The van der Waals surface area contributed by atoms with E-state index in [0.717, 1.165) is 16.8 Å². The van der Waals surface area contributed by atoms with Gasteiger partial charge in [-0.2, -0.15) is 9.78 Å². The normalized spacial score (nSPS) is 16.4. The van der Waals surface area contributed by atoms with Crippen molar-refractivity contribution in [3.8, 4) is 5.82 Å². The van der Waals surface area contributed by atoms with Crippen molar-refractivity contribution in [2.24, 2.45) is 0 Å². The van der Waals surface area contributed by atoms with E-state index in [9.17, 15) is 9.18 Å².